The van der Waals surface area contributed by atoms with Crippen LogP contribution in [0.5, 0.6) is 0 Å². The van der Waals surface area contributed by atoms with Crippen molar-refractivity contribution in [3.05, 3.63) is 317 Å². The first-order valence-electron chi connectivity index (χ1n) is 24.1. The largest absolute Gasteiger partial charge is 0.310 e. The summed E-state index contributed by atoms with van der Waals surface area (Å²) in [6.07, 6.45) is 0. The van der Waals surface area contributed by atoms with Gasteiger partial charge in [-0.05, 0) is 131 Å². The van der Waals surface area contributed by atoms with E-state index in [9.17, 15) is 0 Å². The Hall–Kier alpha value is -8.78. The number of hydrogen-bond acceptors (Lipinski definition) is 1. The summed E-state index contributed by atoms with van der Waals surface area (Å²) < 4.78 is 0. The van der Waals surface area contributed by atoms with Crippen LogP contribution < -0.4 is 4.90 Å². The molecule has 0 fully saturated rings. The molecule has 0 heterocycles. The zero-order valence-electron chi connectivity index (χ0n) is 37.9. The summed E-state index contributed by atoms with van der Waals surface area (Å²) in [5.41, 5.74) is 25.5. The predicted molar refractivity (Wildman–Crippen MR) is 286 cm³/mol. The highest BCUT2D eigenvalue weighted by Crippen LogP contribution is 2.68. The lowest BCUT2D eigenvalue weighted by Gasteiger charge is -2.48. The Morgan fingerprint density at radius 3 is 1.16 bits per heavy atom. The maximum Gasteiger partial charge on any atom is 0.0720 e. The number of benzene rings is 11. The van der Waals surface area contributed by atoms with Gasteiger partial charge >= 0.3 is 0 Å². The molecule has 1 nitrogen and oxygen atoms in total. The zero-order chi connectivity index (χ0) is 45.5. The quantitative estimate of drug-likeness (QED) is 0.161. The standard InChI is InChI=1S/C68H45N/c1-4-21-46(22-5-1)49-41-44-65(56(45-49)47-23-6-2-7-24-47)69(50-25-8-3-9-26-50)51-42-39-48(40-43-51)52-30-20-38-64-66(52)55-29-12-15-33-59(55)68(64)62-36-18-16-34-60(62)67(61-35-17-19-37-63(61)68)57-31-13-10-27-53(57)54-28-11-14-32-58(54)67/h1-45H. The third-order valence-electron chi connectivity index (χ3n) is 15.4. The maximum absolute atomic E-state index is 2.43. The molecule has 0 saturated heterocycles. The summed E-state index contributed by atoms with van der Waals surface area (Å²) >= 11 is 0. The van der Waals surface area contributed by atoms with Crippen molar-refractivity contribution >= 4 is 17.1 Å². The average molecular weight is 876 g/mol. The van der Waals surface area contributed by atoms with Gasteiger partial charge in [-0.1, -0.05) is 237 Å². The van der Waals surface area contributed by atoms with Gasteiger partial charge in [0.15, 0.2) is 0 Å². The molecule has 0 atom stereocenters. The van der Waals surface area contributed by atoms with Gasteiger partial charge in [-0.3, -0.25) is 0 Å². The first-order chi connectivity index (χ1) is 34.3. The Balaban J connectivity index is 0.960. The minimum absolute atomic E-state index is 0.469. The second kappa shape index (κ2) is 15.4. The Kier molecular flexibility index (Phi) is 8.78. The highest BCUT2D eigenvalue weighted by atomic mass is 15.1. The second-order valence-corrected chi connectivity index (χ2v) is 18.6. The first-order valence-corrected chi connectivity index (χ1v) is 24.1. The van der Waals surface area contributed by atoms with E-state index in [1.165, 1.54) is 100 Å². The second-order valence-electron chi connectivity index (χ2n) is 18.6. The SMILES string of the molecule is c1ccc(-c2ccc(N(c3ccccc3)c3ccc(-c4cccc5c4-c4ccccc4C54c5ccccc5C5(c6ccccc6-c6ccccc65)c5ccccc54)cc3)c(-c3ccccc3)c2)cc1. The van der Waals surface area contributed by atoms with Gasteiger partial charge in [0, 0.05) is 16.9 Å². The third-order valence-corrected chi connectivity index (χ3v) is 15.4. The van der Waals surface area contributed by atoms with Crippen LogP contribution in [0.15, 0.2) is 273 Å². The summed E-state index contributed by atoms with van der Waals surface area (Å²) in [6.45, 7) is 0. The summed E-state index contributed by atoms with van der Waals surface area (Å²) in [4.78, 5) is 2.41. The van der Waals surface area contributed by atoms with Crippen molar-refractivity contribution < 1.29 is 0 Å². The number of anilines is 3. The van der Waals surface area contributed by atoms with Crippen LogP contribution in [0, 0.1) is 0 Å². The van der Waals surface area contributed by atoms with Crippen LogP contribution in [0.3, 0.4) is 0 Å². The van der Waals surface area contributed by atoms with Crippen LogP contribution in [0.2, 0.25) is 0 Å². The van der Waals surface area contributed by atoms with E-state index >= 15 is 0 Å². The lowest BCUT2D eigenvalue weighted by Crippen LogP contribution is -2.43. The molecule has 3 aliphatic carbocycles. The van der Waals surface area contributed by atoms with Crippen LogP contribution in [-0.2, 0) is 10.8 Å². The normalized spacial score (nSPS) is 13.7. The van der Waals surface area contributed by atoms with Crippen LogP contribution in [0.1, 0.15) is 44.5 Å². The molecule has 14 rings (SSSR count). The minimum atomic E-state index is -0.545. The molecule has 0 amide bonds. The van der Waals surface area contributed by atoms with Crippen molar-refractivity contribution in [3.8, 4) is 55.6 Å². The zero-order valence-corrected chi connectivity index (χ0v) is 37.9. The van der Waals surface area contributed by atoms with Gasteiger partial charge in [0.2, 0.25) is 0 Å². The summed E-state index contributed by atoms with van der Waals surface area (Å²) in [7, 11) is 0. The highest BCUT2D eigenvalue weighted by molar-refractivity contribution is 5.99. The van der Waals surface area contributed by atoms with Crippen molar-refractivity contribution in [1.29, 1.82) is 0 Å². The Morgan fingerprint density at radius 1 is 0.217 bits per heavy atom. The fraction of sp³-hybridized carbons (Fsp3) is 0.0294. The van der Waals surface area contributed by atoms with E-state index in [0.29, 0.717) is 0 Å². The number of nitrogens with zero attached hydrogens (tertiary/aromatic N) is 1. The molecule has 0 N–H and O–H groups in total. The number of rotatable bonds is 6. The molecule has 0 aromatic heterocycles. The first kappa shape index (κ1) is 39.4. The van der Waals surface area contributed by atoms with Crippen molar-refractivity contribution in [2.45, 2.75) is 10.8 Å². The van der Waals surface area contributed by atoms with E-state index < -0.39 is 10.8 Å². The maximum atomic E-state index is 2.43. The van der Waals surface area contributed by atoms with Crippen molar-refractivity contribution in [1.82, 2.24) is 0 Å². The molecule has 11 aromatic rings. The monoisotopic (exact) mass is 875 g/mol. The van der Waals surface area contributed by atoms with Crippen LogP contribution in [-0.4, -0.2) is 0 Å². The predicted octanol–water partition coefficient (Wildman–Crippen LogP) is 17.2. The molecular weight excluding hydrogens is 831 g/mol. The summed E-state index contributed by atoms with van der Waals surface area (Å²) in [5, 5.41) is 0. The highest BCUT2D eigenvalue weighted by Gasteiger charge is 2.59. The van der Waals surface area contributed by atoms with Gasteiger partial charge < -0.3 is 4.90 Å². The van der Waals surface area contributed by atoms with E-state index in [-0.39, 0.29) is 0 Å². The van der Waals surface area contributed by atoms with E-state index in [1.807, 2.05) is 0 Å². The fourth-order valence-electron chi connectivity index (χ4n) is 12.7. The van der Waals surface area contributed by atoms with E-state index in [1.54, 1.807) is 0 Å². The molecule has 322 valence electrons. The van der Waals surface area contributed by atoms with Crippen molar-refractivity contribution in [2.24, 2.45) is 0 Å². The van der Waals surface area contributed by atoms with E-state index in [4.69, 9.17) is 0 Å². The van der Waals surface area contributed by atoms with Crippen molar-refractivity contribution in [3.63, 3.8) is 0 Å². The Bertz CT molecular complexity index is 3680. The van der Waals surface area contributed by atoms with Gasteiger partial charge in [0.05, 0.1) is 16.5 Å². The Labute approximate surface area is 403 Å². The van der Waals surface area contributed by atoms with E-state index in [0.717, 1.165) is 17.1 Å². The van der Waals surface area contributed by atoms with E-state index in [2.05, 4.69) is 278 Å². The molecule has 0 radical (unpaired) electrons. The lowest BCUT2D eigenvalue weighted by molar-refractivity contribution is 0.633. The molecule has 2 spiro atoms. The van der Waals surface area contributed by atoms with Crippen LogP contribution >= 0.6 is 0 Å². The smallest absolute Gasteiger partial charge is 0.0720 e. The Morgan fingerprint density at radius 2 is 0.594 bits per heavy atom. The molecule has 69 heavy (non-hydrogen) atoms. The van der Waals surface area contributed by atoms with Gasteiger partial charge in [0.1, 0.15) is 0 Å². The number of fused-ring (bicyclic) bond motifs is 16. The molecule has 11 aromatic carbocycles. The average Bonchev–Trinajstić information content (AvgIpc) is 3.90. The molecular formula is C68H45N. The van der Waals surface area contributed by atoms with Crippen LogP contribution in [0.25, 0.3) is 55.6 Å². The number of hydrogen-bond donors (Lipinski definition) is 0. The van der Waals surface area contributed by atoms with Gasteiger partial charge in [-0.25, -0.2) is 0 Å². The molecule has 0 saturated carbocycles. The van der Waals surface area contributed by atoms with Gasteiger partial charge in [0.25, 0.3) is 0 Å². The van der Waals surface area contributed by atoms with Crippen molar-refractivity contribution in [2.75, 3.05) is 4.90 Å². The summed E-state index contributed by atoms with van der Waals surface area (Å²) in [5.74, 6) is 0. The number of para-hydroxylation sites is 1. The van der Waals surface area contributed by atoms with Gasteiger partial charge in [-0.2, -0.15) is 0 Å². The third kappa shape index (κ3) is 5.53. The molecule has 0 unspecified atom stereocenters. The minimum Gasteiger partial charge on any atom is -0.310 e. The fourth-order valence-corrected chi connectivity index (χ4v) is 12.7. The molecule has 3 aliphatic rings. The summed E-state index contributed by atoms with van der Waals surface area (Å²) in [6, 6.07) is 102. The molecule has 1 heteroatoms. The molecule has 0 aliphatic heterocycles. The van der Waals surface area contributed by atoms with Crippen LogP contribution in [0.4, 0.5) is 17.1 Å². The lowest BCUT2D eigenvalue weighted by atomic mass is 9.52. The molecule has 0 bridgehead atoms. The van der Waals surface area contributed by atoms with Gasteiger partial charge in [-0.15, -0.1) is 0 Å². The topological polar surface area (TPSA) is 3.24 Å².